The highest BCUT2D eigenvalue weighted by Crippen LogP contribution is 2.29. The average Bonchev–Trinajstić information content (AvgIpc) is 3.29. The molecule has 30 heavy (non-hydrogen) atoms. The smallest absolute Gasteiger partial charge is 0.248 e. The summed E-state index contributed by atoms with van der Waals surface area (Å²) in [5.74, 6) is 0.700. The van der Waals surface area contributed by atoms with Crippen LogP contribution in [0.3, 0.4) is 0 Å². The molecule has 1 amide bonds. The minimum absolute atomic E-state index is 0.0880. The lowest BCUT2D eigenvalue weighted by atomic mass is 10.1. The molecule has 0 bridgehead atoms. The lowest BCUT2D eigenvalue weighted by molar-refractivity contribution is -0.122. The van der Waals surface area contributed by atoms with E-state index in [2.05, 4.69) is 17.4 Å². The Labute approximate surface area is 184 Å². The summed E-state index contributed by atoms with van der Waals surface area (Å²) in [7, 11) is -1.37. The maximum atomic E-state index is 13.2. The molecule has 0 radical (unpaired) electrons. The topological polar surface area (TPSA) is 49.4 Å². The highest BCUT2D eigenvalue weighted by atomic mass is 32.2. The highest BCUT2D eigenvalue weighted by Gasteiger charge is 2.35. The highest BCUT2D eigenvalue weighted by molar-refractivity contribution is 8.01. The van der Waals surface area contributed by atoms with Crippen LogP contribution in [0.5, 0.6) is 0 Å². The van der Waals surface area contributed by atoms with Crippen molar-refractivity contribution >= 4 is 28.7 Å². The molecule has 2 atom stereocenters. The molecule has 0 aromatic heterocycles. The minimum Gasteiger partial charge on any atom is -0.350 e. The van der Waals surface area contributed by atoms with Gasteiger partial charge in [-0.2, -0.15) is 4.31 Å². The Balaban J connectivity index is 1.43. The molecular weight excluding hydrogens is 412 g/mol. The van der Waals surface area contributed by atoms with Crippen LogP contribution in [0.25, 0.3) is 11.1 Å². The first kappa shape index (κ1) is 20.8. The quantitative estimate of drug-likeness (QED) is 0.624. The Kier molecular flexibility index (Phi) is 6.67. The molecule has 1 fully saturated rings. The van der Waals surface area contributed by atoms with Crippen LogP contribution in [0.15, 0.2) is 83.8 Å². The maximum Gasteiger partial charge on any atom is 0.248 e. The monoisotopic (exact) mass is 436 g/mol. The second-order valence-electron chi connectivity index (χ2n) is 7.15. The number of nitrogens with one attached hydrogen (secondary N) is 1. The molecule has 1 saturated heterocycles. The van der Waals surface area contributed by atoms with E-state index in [9.17, 15) is 9.00 Å². The Morgan fingerprint density at radius 3 is 2.40 bits per heavy atom. The molecule has 0 aliphatic carbocycles. The molecule has 1 aliphatic rings. The molecular formula is C24H24N2O2S2. The number of benzene rings is 3. The third kappa shape index (κ3) is 4.67. The minimum atomic E-state index is -1.37. The molecule has 1 N–H and O–H groups in total. The second-order valence-corrected chi connectivity index (χ2v) is 9.77. The first-order chi connectivity index (χ1) is 14.6. The van der Waals surface area contributed by atoms with Crippen LogP contribution in [0.2, 0.25) is 0 Å². The van der Waals surface area contributed by atoms with Crippen molar-refractivity contribution in [3.8, 4) is 11.1 Å². The molecule has 3 aromatic carbocycles. The van der Waals surface area contributed by atoms with E-state index in [0.29, 0.717) is 18.0 Å². The summed E-state index contributed by atoms with van der Waals surface area (Å²) in [5, 5.41) is 2.57. The van der Waals surface area contributed by atoms with Crippen molar-refractivity contribution in [2.24, 2.45) is 0 Å². The number of rotatable bonds is 6. The Bertz CT molecular complexity index is 1040. The molecule has 4 nitrogen and oxygen atoms in total. The zero-order chi connectivity index (χ0) is 20.9. The van der Waals surface area contributed by atoms with Gasteiger partial charge in [0.05, 0.1) is 4.90 Å². The van der Waals surface area contributed by atoms with Gasteiger partial charge in [0, 0.05) is 18.8 Å². The maximum absolute atomic E-state index is 13.2. The van der Waals surface area contributed by atoms with E-state index in [4.69, 9.17) is 0 Å². The van der Waals surface area contributed by atoms with E-state index in [1.54, 1.807) is 16.1 Å². The van der Waals surface area contributed by atoms with E-state index < -0.39 is 16.4 Å². The molecule has 1 aliphatic heterocycles. The first-order valence-electron chi connectivity index (χ1n) is 9.91. The molecule has 1 heterocycles. The zero-order valence-electron chi connectivity index (χ0n) is 16.8. The molecule has 2 unspecified atom stereocenters. The summed E-state index contributed by atoms with van der Waals surface area (Å²) >= 11 is 1.54. The lowest BCUT2D eigenvalue weighted by Gasteiger charge is -2.22. The predicted octanol–water partition coefficient (Wildman–Crippen LogP) is 4.38. The standard InChI is InChI=1S/C24H24N2O2S2/c1-18-7-5-6-10-21(18)17-25-23(27)24-26(15-16-29-24)30(28)22-13-11-20(12-14-22)19-8-3-2-4-9-19/h2-14,24H,15-17H2,1H3,(H,25,27). The van der Waals surface area contributed by atoms with E-state index >= 15 is 0 Å². The van der Waals surface area contributed by atoms with E-state index in [0.717, 1.165) is 28.0 Å². The van der Waals surface area contributed by atoms with Crippen molar-refractivity contribution in [3.63, 3.8) is 0 Å². The van der Waals surface area contributed by atoms with E-state index in [1.165, 1.54) is 0 Å². The summed E-state index contributed by atoms with van der Waals surface area (Å²) in [6.45, 7) is 3.14. The fraction of sp³-hybridized carbons (Fsp3) is 0.208. The van der Waals surface area contributed by atoms with Gasteiger partial charge >= 0.3 is 0 Å². The van der Waals surface area contributed by atoms with Crippen molar-refractivity contribution in [2.45, 2.75) is 23.7 Å². The number of hydrogen-bond acceptors (Lipinski definition) is 3. The van der Waals surface area contributed by atoms with Crippen LogP contribution >= 0.6 is 11.8 Å². The van der Waals surface area contributed by atoms with Gasteiger partial charge in [-0.1, -0.05) is 66.7 Å². The van der Waals surface area contributed by atoms with Gasteiger partial charge in [-0.05, 0) is 41.3 Å². The van der Waals surface area contributed by atoms with Crippen LogP contribution < -0.4 is 5.32 Å². The number of amides is 1. The second kappa shape index (κ2) is 9.60. The summed E-state index contributed by atoms with van der Waals surface area (Å²) < 4.78 is 15.0. The zero-order valence-corrected chi connectivity index (χ0v) is 18.4. The van der Waals surface area contributed by atoms with Gasteiger partial charge in [0.1, 0.15) is 16.4 Å². The molecule has 0 spiro atoms. The van der Waals surface area contributed by atoms with Gasteiger partial charge in [-0.3, -0.25) is 4.79 Å². The lowest BCUT2D eigenvalue weighted by Crippen LogP contribution is -2.42. The average molecular weight is 437 g/mol. The predicted molar refractivity (Wildman–Crippen MR) is 124 cm³/mol. The fourth-order valence-electron chi connectivity index (χ4n) is 3.44. The van der Waals surface area contributed by atoms with E-state index in [1.807, 2.05) is 73.7 Å². The Morgan fingerprint density at radius 2 is 1.67 bits per heavy atom. The van der Waals surface area contributed by atoms with E-state index in [-0.39, 0.29) is 5.91 Å². The van der Waals surface area contributed by atoms with Crippen molar-refractivity contribution in [3.05, 3.63) is 90.0 Å². The number of hydrogen-bond donors (Lipinski definition) is 1. The fourth-order valence-corrected chi connectivity index (χ4v) is 6.17. The summed E-state index contributed by atoms with van der Waals surface area (Å²) in [6.07, 6.45) is 0. The number of carbonyl (C=O) groups is 1. The van der Waals surface area contributed by atoms with Crippen molar-refractivity contribution < 1.29 is 9.00 Å². The third-order valence-electron chi connectivity index (χ3n) is 5.16. The van der Waals surface area contributed by atoms with Gasteiger partial charge in [-0.15, -0.1) is 11.8 Å². The van der Waals surface area contributed by atoms with Crippen molar-refractivity contribution in [1.29, 1.82) is 0 Å². The molecule has 154 valence electrons. The summed E-state index contributed by atoms with van der Waals surface area (Å²) in [5.41, 5.74) is 4.45. The van der Waals surface area contributed by atoms with Gasteiger partial charge in [0.15, 0.2) is 0 Å². The van der Waals surface area contributed by atoms with Crippen molar-refractivity contribution in [1.82, 2.24) is 9.62 Å². The first-order valence-corrected chi connectivity index (χ1v) is 12.1. The largest absolute Gasteiger partial charge is 0.350 e. The van der Waals surface area contributed by atoms with Gasteiger partial charge in [-0.25, -0.2) is 4.21 Å². The number of aryl methyl sites for hydroxylation is 1. The summed E-state index contributed by atoms with van der Waals surface area (Å²) in [6, 6.07) is 25.9. The third-order valence-corrected chi connectivity index (χ3v) is 7.99. The number of carbonyl (C=O) groups excluding carboxylic acids is 1. The Hall–Kier alpha value is -2.41. The SMILES string of the molecule is Cc1ccccc1CNC(=O)C1SCCN1S(=O)c1ccc(-c2ccccc2)cc1. The van der Waals surface area contributed by atoms with Gasteiger partial charge in [0.2, 0.25) is 5.91 Å². The van der Waals surface area contributed by atoms with Gasteiger partial charge in [0.25, 0.3) is 0 Å². The van der Waals surface area contributed by atoms with Crippen molar-refractivity contribution in [2.75, 3.05) is 12.3 Å². The molecule has 3 aromatic rings. The number of nitrogens with zero attached hydrogens (tertiary/aromatic N) is 1. The molecule has 6 heteroatoms. The molecule has 0 saturated carbocycles. The van der Waals surface area contributed by atoms with Gasteiger partial charge < -0.3 is 5.32 Å². The van der Waals surface area contributed by atoms with Crippen LogP contribution in [-0.2, 0) is 22.3 Å². The van der Waals surface area contributed by atoms with Crippen LogP contribution in [0.4, 0.5) is 0 Å². The Morgan fingerprint density at radius 1 is 1.00 bits per heavy atom. The molecule has 4 rings (SSSR count). The van der Waals surface area contributed by atoms with Crippen LogP contribution in [-0.4, -0.2) is 32.1 Å². The van der Waals surface area contributed by atoms with Crippen LogP contribution in [0.1, 0.15) is 11.1 Å². The summed E-state index contributed by atoms with van der Waals surface area (Å²) in [4.78, 5) is 13.5. The number of thioether (sulfide) groups is 1. The van der Waals surface area contributed by atoms with Crippen LogP contribution in [0, 0.1) is 6.92 Å². The normalized spacial score (nSPS) is 17.6.